The number of piperidine rings is 1. The average Bonchev–Trinajstić information content (AvgIpc) is 3.04. The number of aryl methyl sites for hydroxylation is 2. The Bertz CT molecular complexity index is 660. The molecule has 1 saturated heterocycles. The van der Waals surface area contributed by atoms with Crippen molar-refractivity contribution in [3.63, 3.8) is 0 Å². The molecule has 1 atom stereocenters. The van der Waals surface area contributed by atoms with Gasteiger partial charge in [0.15, 0.2) is 0 Å². The Morgan fingerprint density at radius 1 is 1.42 bits per heavy atom. The van der Waals surface area contributed by atoms with Gasteiger partial charge in [0.05, 0.1) is 24.9 Å². The molecule has 2 aromatic heterocycles. The van der Waals surface area contributed by atoms with Crippen LogP contribution in [0.25, 0.3) is 0 Å². The van der Waals surface area contributed by atoms with Crippen LogP contribution in [0, 0.1) is 6.92 Å². The van der Waals surface area contributed by atoms with Crippen LogP contribution in [0.2, 0.25) is 0 Å². The second-order valence-corrected chi connectivity index (χ2v) is 5.94. The fourth-order valence-electron chi connectivity index (χ4n) is 2.80. The summed E-state index contributed by atoms with van der Waals surface area (Å²) in [4.78, 5) is 18.5. The molecule has 0 aromatic carbocycles. The second kappa shape index (κ2) is 7.96. The first-order chi connectivity index (χ1) is 11.7. The Labute approximate surface area is 140 Å². The SMILES string of the molecule is Cc1nnnn1CCC(=O)N1CCCC(OCc2ccccn2)C1. The zero-order chi connectivity index (χ0) is 16.8. The van der Waals surface area contributed by atoms with E-state index in [1.165, 1.54) is 0 Å². The first kappa shape index (κ1) is 16.5. The molecule has 24 heavy (non-hydrogen) atoms. The van der Waals surface area contributed by atoms with Crippen molar-refractivity contribution in [2.75, 3.05) is 13.1 Å². The largest absolute Gasteiger partial charge is 0.370 e. The topological polar surface area (TPSA) is 86.0 Å². The molecule has 1 unspecified atom stereocenters. The molecular formula is C16H22N6O2. The maximum atomic E-state index is 12.4. The van der Waals surface area contributed by atoms with Gasteiger partial charge in [-0.05, 0) is 42.3 Å². The van der Waals surface area contributed by atoms with E-state index in [4.69, 9.17) is 4.74 Å². The second-order valence-electron chi connectivity index (χ2n) is 5.94. The van der Waals surface area contributed by atoms with Crippen LogP contribution in [-0.4, -0.2) is 55.2 Å². The van der Waals surface area contributed by atoms with Crippen LogP contribution in [0.5, 0.6) is 0 Å². The van der Waals surface area contributed by atoms with E-state index in [1.54, 1.807) is 10.9 Å². The predicted molar refractivity (Wildman–Crippen MR) is 85.8 cm³/mol. The molecule has 8 heteroatoms. The van der Waals surface area contributed by atoms with Crippen molar-refractivity contribution in [3.05, 3.63) is 35.9 Å². The molecule has 0 radical (unpaired) electrons. The normalized spacial score (nSPS) is 17.9. The molecule has 3 rings (SSSR count). The van der Waals surface area contributed by atoms with Crippen LogP contribution in [0.15, 0.2) is 24.4 Å². The first-order valence-electron chi connectivity index (χ1n) is 8.24. The van der Waals surface area contributed by atoms with Gasteiger partial charge in [0, 0.05) is 25.7 Å². The molecule has 1 aliphatic heterocycles. The lowest BCUT2D eigenvalue weighted by molar-refractivity contribution is -0.136. The number of likely N-dealkylation sites (tertiary alicyclic amines) is 1. The number of pyridine rings is 1. The fourth-order valence-corrected chi connectivity index (χ4v) is 2.80. The number of carbonyl (C=O) groups is 1. The Morgan fingerprint density at radius 2 is 2.33 bits per heavy atom. The van der Waals surface area contributed by atoms with Gasteiger partial charge in [0.2, 0.25) is 5.91 Å². The van der Waals surface area contributed by atoms with Crippen LogP contribution < -0.4 is 0 Å². The summed E-state index contributed by atoms with van der Waals surface area (Å²) in [5.74, 6) is 0.842. The summed E-state index contributed by atoms with van der Waals surface area (Å²) in [7, 11) is 0. The molecule has 8 nitrogen and oxygen atoms in total. The van der Waals surface area contributed by atoms with Gasteiger partial charge in [-0.2, -0.15) is 0 Å². The fraction of sp³-hybridized carbons (Fsp3) is 0.562. The van der Waals surface area contributed by atoms with Crippen LogP contribution in [0.3, 0.4) is 0 Å². The van der Waals surface area contributed by atoms with Gasteiger partial charge in [-0.15, -0.1) is 5.10 Å². The van der Waals surface area contributed by atoms with Crippen molar-refractivity contribution in [2.45, 2.75) is 45.4 Å². The van der Waals surface area contributed by atoms with Crippen LogP contribution in [0.1, 0.15) is 30.8 Å². The number of tetrazole rings is 1. The predicted octanol–water partition coefficient (Wildman–Crippen LogP) is 0.974. The minimum atomic E-state index is 0.0690. The number of ether oxygens (including phenoxy) is 1. The number of rotatable bonds is 6. The van der Waals surface area contributed by atoms with Crippen molar-refractivity contribution >= 4 is 5.91 Å². The van der Waals surface area contributed by atoms with Crippen molar-refractivity contribution < 1.29 is 9.53 Å². The number of carbonyl (C=O) groups excluding carboxylic acids is 1. The van der Waals surface area contributed by atoms with E-state index in [2.05, 4.69) is 20.5 Å². The van der Waals surface area contributed by atoms with Crippen LogP contribution in [0.4, 0.5) is 0 Å². The first-order valence-corrected chi connectivity index (χ1v) is 8.24. The van der Waals surface area contributed by atoms with Gasteiger partial charge in [0.25, 0.3) is 0 Å². The molecule has 0 aliphatic carbocycles. The Hall–Kier alpha value is -2.35. The molecule has 1 fully saturated rings. The van der Waals surface area contributed by atoms with Gasteiger partial charge in [-0.3, -0.25) is 9.78 Å². The molecule has 1 aliphatic rings. The van der Waals surface area contributed by atoms with Gasteiger partial charge >= 0.3 is 0 Å². The highest BCUT2D eigenvalue weighted by Gasteiger charge is 2.24. The molecule has 0 N–H and O–H groups in total. The van der Waals surface area contributed by atoms with E-state index in [0.717, 1.165) is 30.9 Å². The van der Waals surface area contributed by atoms with Crippen molar-refractivity contribution in [2.24, 2.45) is 0 Å². The highest BCUT2D eigenvalue weighted by Crippen LogP contribution is 2.15. The monoisotopic (exact) mass is 330 g/mol. The van der Waals surface area contributed by atoms with E-state index < -0.39 is 0 Å². The summed E-state index contributed by atoms with van der Waals surface area (Å²) >= 11 is 0. The molecule has 0 bridgehead atoms. The zero-order valence-corrected chi connectivity index (χ0v) is 13.8. The van der Waals surface area contributed by atoms with E-state index in [0.29, 0.717) is 26.1 Å². The Morgan fingerprint density at radius 3 is 3.08 bits per heavy atom. The van der Waals surface area contributed by atoms with Gasteiger partial charge in [0.1, 0.15) is 5.82 Å². The van der Waals surface area contributed by atoms with Crippen LogP contribution >= 0.6 is 0 Å². The van der Waals surface area contributed by atoms with Crippen molar-refractivity contribution in [1.82, 2.24) is 30.1 Å². The standard InChI is InChI=1S/C16H22N6O2/c1-13-18-19-20-22(13)10-7-16(23)21-9-4-6-15(11-21)24-12-14-5-2-3-8-17-14/h2-3,5,8,15H,4,6-7,9-12H2,1H3. The van der Waals surface area contributed by atoms with Crippen molar-refractivity contribution in [3.8, 4) is 0 Å². The van der Waals surface area contributed by atoms with Crippen molar-refractivity contribution in [1.29, 1.82) is 0 Å². The molecule has 128 valence electrons. The lowest BCUT2D eigenvalue weighted by atomic mass is 10.1. The Kier molecular flexibility index (Phi) is 5.47. The minimum Gasteiger partial charge on any atom is -0.370 e. The lowest BCUT2D eigenvalue weighted by Crippen LogP contribution is -2.43. The summed E-state index contributed by atoms with van der Waals surface area (Å²) < 4.78 is 7.57. The number of nitrogens with zero attached hydrogens (tertiary/aromatic N) is 6. The molecular weight excluding hydrogens is 308 g/mol. The van der Waals surface area contributed by atoms with E-state index in [1.807, 2.05) is 30.0 Å². The zero-order valence-electron chi connectivity index (χ0n) is 13.8. The summed E-state index contributed by atoms with van der Waals surface area (Å²) in [6, 6.07) is 5.78. The average molecular weight is 330 g/mol. The molecule has 3 heterocycles. The smallest absolute Gasteiger partial charge is 0.224 e. The highest BCUT2D eigenvalue weighted by molar-refractivity contribution is 5.76. The minimum absolute atomic E-state index is 0.0690. The number of hydrogen-bond acceptors (Lipinski definition) is 6. The highest BCUT2D eigenvalue weighted by atomic mass is 16.5. The third-order valence-corrected chi connectivity index (χ3v) is 4.17. The maximum absolute atomic E-state index is 12.4. The lowest BCUT2D eigenvalue weighted by Gasteiger charge is -2.32. The number of amides is 1. The third-order valence-electron chi connectivity index (χ3n) is 4.17. The van der Waals surface area contributed by atoms with Gasteiger partial charge in [-0.25, -0.2) is 4.68 Å². The molecule has 0 spiro atoms. The third kappa shape index (κ3) is 4.35. The summed E-state index contributed by atoms with van der Waals surface area (Å²) in [6.45, 7) is 4.25. The maximum Gasteiger partial charge on any atom is 0.224 e. The molecule has 2 aromatic rings. The summed E-state index contributed by atoms with van der Waals surface area (Å²) in [6.07, 6.45) is 4.17. The number of hydrogen-bond donors (Lipinski definition) is 0. The molecule has 0 saturated carbocycles. The number of aromatic nitrogens is 5. The van der Waals surface area contributed by atoms with E-state index >= 15 is 0 Å². The molecule has 1 amide bonds. The summed E-state index contributed by atoms with van der Waals surface area (Å²) in [5, 5.41) is 11.3. The Balaban J connectivity index is 1.46. The van der Waals surface area contributed by atoms with E-state index in [-0.39, 0.29) is 12.0 Å². The summed E-state index contributed by atoms with van der Waals surface area (Å²) in [5.41, 5.74) is 0.912. The van der Waals surface area contributed by atoms with Gasteiger partial charge in [-0.1, -0.05) is 6.07 Å². The van der Waals surface area contributed by atoms with E-state index in [9.17, 15) is 4.79 Å². The quantitative estimate of drug-likeness (QED) is 0.784. The van der Waals surface area contributed by atoms with Gasteiger partial charge < -0.3 is 9.64 Å². The van der Waals surface area contributed by atoms with Crippen LogP contribution in [-0.2, 0) is 22.7 Å².